The molecule has 1 aromatic carbocycles. The van der Waals surface area contributed by atoms with E-state index in [9.17, 15) is 9.18 Å². The topological polar surface area (TPSA) is 30.0 Å². The van der Waals surface area contributed by atoms with E-state index in [0.717, 1.165) is 27.6 Å². The van der Waals surface area contributed by atoms with Crippen molar-refractivity contribution in [2.24, 2.45) is 5.41 Å². The molecule has 0 unspecified atom stereocenters. The lowest BCUT2D eigenvalue weighted by atomic mass is 9.78. The SMILES string of the molecule is CC1(C)CC(=O)c2sc(Cc3cccc(F)c3)nc2C1. The Bertz CT molecular complexity index is 675. The van der Waals surface area contributed by atoms with E-state index < -0.39 is 0 Å². The molecule has 4 heteroatoms. The number of rotatable bonds is 2. The van der Waals surface area contributed by atoms with E-state index in [2.05, 4.69) is 18.8 Å². The van der Waals surface area contributed by atoms with Crippen LogP contribution < -0.4 is 0 Å². The van der Waals surface area contributed by atoms with Crippen molar-refractivity contribution in [1.29, 1.82) is 0 Å². The number of halogens is 1. The maximum Gasteiger partial charge on any atom is 0.175 e. The largest absolute Gasteiger partial charge is 0.293 e. The van der Waals surface area contributed by atoms with Crippen LogP contribution in [-0.4, -0.2) is 10.8 Å². The predicted molar refractivity (Wildman–Crippen MR) is 77.8 cm³/mol. The number of ketones is 1. The van der Waals surface area contributed by atoms with E-state index in [4.69, 9.17) is 0 Å². The molecule has 0 saturated carbocycles. The first kappa shape index (κ1) is 13.4. The Morgan fingerprint density at radius 1 is 1.35 bits per heavy atom. The number of carbonyl (C=O) groups excluding carboxylic acids is 1. The Morgan fingerprint density at radius 2 is 2.15 bits per heavy atom. The molecule has 2 nitrogen and oxygen atoms in total. The first-order valence-electron chi connectivity index (χ1n) is 6.69. The smallest absolute Gasteiger partial charge is 0.175 e. The predicted octanol–water partition coefficient (Wildman–Crippen LogP) is 4.03. The van der Waals surface area contributed by atoms with Crippen LogP contribution >= 0.6 is 11.3 Å². The number of nitrogens with zero attached hydrogens (tertiary/aromatic N) is 1. The number of fused-ring (bicyclic) bond motifs is 1. The Hall–Kier alpha value is -1.55. The number of aromatic nitrogens is 1. The van der Waals surface area contributed by atoms with Crippen molar-refractivity contribution in [3.05, 3.63) is 51.2 Å². The first-order chi connectivity index (χ1) is 9.43. The molecular formula is C16H16FNOS. The minimum atomic E-state index is -0.235. The summed E-state index contributed by atoms with van der Waals surface area (Å²) in [4.78, 5) is 17.5. The zero-order chi connectivity index (χ0) is 14.3. The number of hydrogen-bond donors (Lipinski definition) is 0. The number of Topliss-reactive ketones (excluding diaryl/α,β-unsaturated/α-hetero) is 1. The van der Waals surface area contributed by atoms with Gasteiger partial charge in [0.25, 0.3) is 0 Å². The van der Waals surface area contributed by atoms with E-state index >= 15 is 0 Å². The molecule has 1 heterocycles. The fourth-order valence-electron chi connectivity index (χ4n) is 2.67. The Morgan fingerprint density at radius 3 is 2.90 bits per heavy atom. The van der Waals surface area contributed by atoms with Gasteiger partial charge in [-0.3, -0.25) is 4.79 Å². The fraction of sp³-hybridized carbons (Fsp3) is 0.375. The quantitative estimate of drug-likeness (QED) is 0.835. The van der Waals surface area contributed by atoms with Crippen LogP contribution in [0.1, 0.15) is 46.2 Å². The molecule has 0 aliphatic heterocycles. The highest BCUT2D eigenvalue weighted by Gasteiger charge is 2.33. The van der Waals surface area contributed by atoms with Crippen molar-refractivity contribution in [2.45, 2.75) is 33.1 Å². The molecule has 0 saturated heterocycles. The average molecular weight is 289 g/mol. The summed E-state index contributed by atoms with van der Waals surface area (Å²) < 4.78 is 13.2. The van der Waals surface area contributed by atoms with Gasteiger partial charge in [-0.15, -0.1) is 11.3 Å². The molecule has 0 radical (unpaired) electrons. The summed E-state index contributed by atoms with van der Waals surface area (Å²) in [6.07, 6.45) is 2.01. The Labute approximate surface area is 121 Å². The molecule has 0 amide bonds. The summed E-state index contributed by atoms with van der Waals surface area (Å²) >= 11 is 1.46. The van der Waals surface area contributed by atoms with Gasteiger partial charge in [-0.1, -0.05) is 26.0 Å². The van der Waals surface area contributed by atoms with Crippen molar-refractivity contribution >= 4 is 17.1 Å². The van der Waals surface area contributed by atoms with Gasteiger partial charge >= 0.3 is 0 Å². The van der Waals surface area contributed by atoms with Crippen molar-refractivity contribution in [1.82, 2.24) is 4.98 Å². The van der Waals surface area contributed by atoms with Crippen LogP contribution in [0.15, 0.2) is 24.3 Å². The summed E-state index contributed by atoms with van der Waals surface area (Å²) in [6.45, 7) is 4.19. The van der Waals surface area contributed by atoms with Gasteiger partial charge in [-0.05, 0) is 29.5 Å². The third-order valence-corrected chi connectivity index (χ3v) is 4.66. The van der Waals surface area contributed by atoms with Crippen LogP contribution in [0, 0.1) is 11.2 Å². The van der Waals surface area contributed by atoms with Crippen molar-refractivity contribution in [3.63, 3.8) is 0 Å². The molecule has 2 aromatic rings. The van der Waals surface area contributed by atoms with Gasteiger partial charge in [0.2, 0.25) is 0 Å². The normalized spacial score (nSPS) is 17.1. The molecule has 20 heavy (non-hydrogen) atoms. The van der Waals surface area contributed by atoms with Crippen molar-refractivity contribution in [3.8, 4) is 0 Å². The molecule has 104 valence electrons. The van der Waals surface area contributed by atoms with Gasteiger partial charge in [-0.25, -0.2) is 9.37 Å². The minimum Gasteiger partial charge on any atom is -0.293 e. The van der Waals surface area contributed by atoms with Crippen LogP contribution in [0.3, 0.4) is 0 Å². The number of benzene rings is 1. The molecule has 1 aromatic heterocycles. The van der Waals surface area contributed by atoms with Gasteiger partial charge in [0, 0.05) is 12.8 Å². The number of thiazole rings is 1. The van der Waals surface area contributed by atoms with Crippen LogP contribution in [-0.2, 0) is 12.8 Å². The summed E-state index contributed by atoms with van der Waals surface area (Å²) in [5.74, 6) is -0.0414. The van der Waals surface area contributed by atoms with Crippen LogP contribution in [0.2, 0.25) is 0 Å². The van der Waals surface area contributed by atoms with Gasteiger partial charge in [-0.2, -0.15) is 0 Å². The summed E-state index contributed by atoms with van der Waals surface area (Å²) in [7, 11) is 0. The molecule has 1 aliphatic rings. The zero-order valence-electron chi connectivity index (χ0n) is 11.6. The monoisotopic (exact) mass is 289 g/mol. The highest BCUT2D eigenvalue weighted by Crippen LogP contribution is 2.37. The first-order valence-corrected chi connectivity index (χ1v) is 7.51. The van der Waals surface area contributed by atoms with Gasteiger partial charge in [0.05, 0.1) is 15.6 Å². The second-order valence-corrected chi connectivity index (χ2v) is 7.21. The van der Waals surface area contributed by atoms with Gasteiger partial charge in [0.15, 0.2) is 5.78 Å². The molecular weight excluding hydrogens is 273 g/mol. The van der Waals surface area contributed by atoms with Crippen LogP contribution in [0.25, 0.3) is 0 Å². The molecule has 0 bridgehead atoms. The molecule has 0 fully saturated rings. The van der Waals surface area contributed by atoms with E-state index in [0.29, 0.717) is 12.8 Å². The highest BCUT2D eigenvalue weighted by atomic mass is 32.1. The fourth-order valence-corrected chi connectivity index (χ4v) is 3.72. The molecule has 0 N–H and O–H groups in total. The minimum absolute atomic E-state index is 0.00567. The van der Waals surface area contributed by atoms with E-state index in [1.807, 2.05) is 6.07 Å². The van der Waals surface area contributed by atoms with Gasteiger partial charge in [0.1, 0.15) is 5.82 Å². The highest BCUT2D eigenvalue weighted by molar-refractivity contribution is 7.13. The molecule has 0 spiro atoms. The Balaban J connectivity index is 1.89. The van der Waals surface area contributed by atoms with Crippen LogP contribution in [0.5, 0.6) is 0 Å². The third-order valence-electron chi connectivity index (χ3n) is 3.52. The Kier molecular flexibility index (Phi) is 3.21. The molecule has 3 rings (SSSR count). The average Bonchev–Trinajstić information content (AvgIpc) is 2.70. The molecule has 0 atom stereocenters. The van der Waals surface area contributed by atoms with E-state index in [1.54, 1.807) is 6.07 Å². The summed E-state index contributed by atoms with van der Waals surface area (Å²) in [6, 6.07) is 6.54. The van der Waals surface area contributed by atoms with E-state index in [1.165, 1.54) is 23.5 Å². The number of carbonyl (C=O) groups is 1. The van der Waals surface area contributed by atoms with Crippen LogP contribution in [0.4, 0.5) is 4.39 Å². The lowest BCUT2D eigenvalue weighted by Crippen LogP contribution is -2.26. The second-order valence-electron chi connectivity index (χ2n) is 6.13. The zero-order valence-corrected chi connectivity index (χ0v) is 12.4. The van der Waals surface area contributed by atoms with Crippen molar-refractivity contribution < 1.29 is 9.18 Å². The maximum atomic E-state index is 13.2. The standard InChI is InChI=1S/C16H16FNOS/c1-16(2)8-12-15(13(19)9-16)20-14(18-12)7-10-4-3-5-11(17)6-10/h3-6H,7-9H2,1-2H3. The maximum absolute atomic E-state index is 13.2. The number of hydrogen-bond acceptors (Lipinski definition) is 3. The lowest BCUT2D eigenvalue weighted by Gasteiger charge is -2.26. The van der Waals surface area contributed by atoms with E-state index in [-0.39, 0.29) is 17.0 Å². The van der Waals surface area contributed by atoms with Gasteiger partial charge < -0.3 is 0 Å². The third kappa shape index (κ3) is 2.66. The lowest BCUT2D eigenvalue weighted by molar-refractivity contribution is 0.0916. The van der Waals surface area contributed by atoms with Crippen molar-refractivity contribution in [2.75, 3.05) is 0 Å². The molecule has 1 aliphatic carbocycles. The summed E-state index contributed by atoms with van der Waals surface area (Å²) in [5.41, 5.74) is 1.80. The summed E-state index contributed by atoms with van der Waals surface area (Å²) in [5, 5.41) is 0.895. The second kappa shape index (κ2) is 4.77.